The first-order valence-corrected chi connectivity index (χ1v) is 8.97. The highest BCUT2D eigenvalue weighted by Gasteiger charge is 2.58. The maximum Gasteiger partial charge on any atom is 0.433 e. The van der Waals surface area contributed by atoms with E-state index < -0.39 is 6.09 Å². The van der Waals surface area contributed by atoms with Crippen LogP contribution in [0.2, 0.25) is 0 Å². The molecule has 1 fully saturated rings. The standard InChI is InChI=1S/C19H19BrN2O3/c1-3-25-19(23)22(21-24)18-16(13-6-4-12(2)5-7-13)17(18)14-8-10-15(20)11-9-14/h4-11,16-18H,3H2,1-2H3/t16-,17-,18?/m0/s1. The van der Waals surface area contributed by atoms with Crippen LogP contribution in [0.1, 0.15) is 35.4 Å². The zero-order chi connectivity index (χ0) is 18.0. The summed E-state index contributed by atoms with van der Waals surface area (Å²) in [7, 11) is 0. The van der Waals surface area contributed by atoms with E-state index in [4.69, 9.17) is 4.74 Å². The van der Waals surface area contributed by atoms with Crippen LogP contribution in [0.5, 0.6) is 0 Å². The van der Waals surface area contributed by atoms with Crippen molar-refractivity contribution in [2.45, 2.75) is 31.7 Å². The summed E-state index contributed by atoms with van der Waals surface area (Å²) in [6.45, 7) is 3.94. The van der Waals surface area contributed by atoms with Gasteiger partial charge in [0.1, 0.15) is 0 Å². The van der Waals surface area contributed by atoms with Crippen molar-refractivity contribution in [1.82, 2.24) is 5.01 Å². The van der Waals surface area contributed by atoms with E-state index in [-0.39, 0.29) is 24.5 Å². The average Bonchev–Trinajstić information content (AvgIpc) is 3.32. The van der Waals surface area contributed by atoms with Gasteiger partial charge in [0.05, 0.1) is 17.9 Å². The molecule has 6 heteroatoms. The van der Waals surface area contributed by atoms with E-state index in [2.05, 4.69) is 21.2 Å². The molecule has 1 aliphatic rings. The normalized spacial score (nSPS) is 21.5. The highest BCUT2D eigenvalue weighted by Crippen LogP contribution is 2.58. The maximum absolute atomic E-state index is 12.1. The third-order valence-electron chi connectivity index (χ3n) is 4.52. The number of nitrogens with zero attached hydrogens (tertiary/aromatic N) is 2. The number of amides is 1. The van der Waals surface area contributed by atoms with Crippen LogP contribution < -0.4 is 0 Å². The maximum atomic E-state index is 12.1. The first-order valence-electron chi connectivity index (χ1n) is 8.18. The third-order valence-corrected chi connectivity index (χ3v) is 5.05. The molecule has 3 atom stereocenters. The summed E-state index contributed by atoms with van der Waals surface area (Å²) in [6, 6.07) is 15.7. The van der Waals surface area contributed by atoms with Crippen LogP contribution in [-0.4, -0.2) is 23.8 Å². The van der Waals surface area contributed by atoms with Crippen LogP contribution in [0.25, 0.3) is 0 Å². The number of aryl methyl sites for hydroxylation is 1. The molecule has 0 aromatic heterocycles. The third kappa shape index (κ3) is 3.58. The minimum atomic E-state index is -0.695. The Morgan fingerprint density at radius 3 is 2.08 bits per heavy atom. The molecule has 25 heavy (non-hydrogen) atoms. The van der Waals surface area contributed by atoms with Crippen molar-refractivity contribution >= 4 is 22.0 Å². The molecule has 1 amide bonds. The van der Waals surface area contributed by atoms with E-state index in [0.29, 0.717) is 0 Å². The van der Waals surface area contributed by atoms with Gasteiger partial charge in [0.25, 0.3) is 0 Å². The van der Waals surface area contributed by atoms with Gasteiger partial charge in [-0.1, -0.05) is 57.9 Å². The van der Waals surface area contributed by atoms with E-state index in [1.54, 1.807) is 6.92 Å². The van der Waals surface area contributed by atoms with Gasteiger partial charge in [-0.3, -0.25) is 0 Å². The number of benzene rings is 2. The van der Waals surface area contributed by atoms with Crippen LogP contribution in [0.15, 0.2) is 58.3 Å². The van der Waals surface area contributed by atoms with Crippen molar-refractivity contribution in [3.05, 3.63) is 74.6 Å². The molecular weight excluding hydrogens is 384 g/mol. The molecule has 130 valence electrons. The fourth-order valence-corrected chi connectivity index (χ4v) is 3.55. The van der Waals surface area contributed by atoms with Crippen LogP contribution in [0, 0.1) is 11.8 Å². The molecule has 1 aliphatic carbocycles. The Kier molecular flexibility index (Phi) is 5.18. The van der Waals surface area contributed by atoms with Gasteiger partial charge in [-0.05, 0) is 37.1 Å². The smallest absolute Gasteiger partial charge is 0.433 e. The van der Waals surface area contributed by atoms with Gasteiger partial charge in [0.2, 0.25) is 0 Å². The summed E-state index contributed by atoms with van der Waals surface area (Å²) >= 11 is 3.43. The lowest BCUT2D eigenvalue weighted by Crippen LogP contribution is -2.29. The predicted molar refractivity (Wildman–Crippen MR) is 99.2 cm³/mol. The number of rotatable bonds is 5. The van der Waals surface area contributed by atoms with Crippen molar-refractivity contribution in [2.24, 2.45) is 5.29 Å². The van der Waals surface area contributed by atoms with Gasteiger partial charge in [-0.15, -0.1) is 4.91 Å². The number of carbonyl (C=O) groups is 1. The molecule has 3 rings (SSSR count). The van der Waals surface area contributed by atoms with E-state index in [9.17, 15) is 9.70 Å². The highest BCUT2D eigenvalue weighted by molar-refractivity contribution is 9.10. The van der Waals surface area contributed by atoms with Crippen molar-refractivity contribution in [3.8, 4) is 0 Å². The number of hydrogen-bond acceptors (Lipinski definition) is 4. The zero-order valence-electron chi connectivity index (χ0n) is 14.1. The second-order valence-electron chi connectivity index (χ2n) is 6.13. The fraction of sp³-hybridized carbons (Fsp3) is 0.316. The molecule has 0 N–H and O–H groups in total. The second kappa shape index (κ2) is 7.35. The molecule has 2 aromatic rings. The lowest BCUT2D eigenvalue weighted by Gasteiger charge is -2.13. The van der Waals surface area contributed by atoms with Crippen LogP contribution in [0.3, 0.4) is 0 Å². The average molecular weight is 403 g/mol. The summed E-state index contributed by atoms with van der Waals surface area (Å²) in [5, 5.41) is 3.90. The molecular formula is C19H19BrN2O3. The van der Waals surface area contributed by atoms with Gasteiger partial charge in [-0.2, -0.15) is 5.01 Å². The number of halogens is 1. The van der Waals surface area contributed by atoms with Gasteiger partial charge >= 0.3 is 6.09 Å². The molecule has 1 saturated carbocycles. The van der Waals surface area contributed by atoms with Gasteiger partial charge in [0.15, 0.2) is 0 Å². The van der Waals surface area contributed by atoms with Gasteiger partial charge in [-0.25, -0.2) is 4.79 Å². The highest BCUT2D eigenvalue weighted by atomic mass is 79.9. The minimum Gasteiger partial charge on any atom is -0.448 e. The van der Waals surface area contributed by atoms with Crippen molar-refractivity contribution in [2.75, 3.05) is 6.61 Å². The van der Waals surface area contributed by atoms with E-state index in [1.807, 2.05) is 55.5 Å². The Hall–Kier alpha value is -2.21. The Bertz CT molecular complexity index is 710. The summed E-state index contributed by atoms with van der Waals surface area (Å²) < 4.78 is 5.97. The molecule has 0 heterocycles. The lowest BCUT2D eigenvalue weighted by atomic mass is 10.0. The molecule has 0 radical (unpaired) electrons. The predicted octanol–water partition coefficient (Wildman–Crippen LogP) is 5.15. The van der Waals surface area contributed by atoms with Crippen LogP contribution in [0.4, 0.5) is 4.79 Å². The van der Waals surface area contributed by atoms with Crippen LogP contribution in [-0.2, 0) is 4.74 Å². The van der Waals surface area contributed by atoms with Gasteiger partial charge < -0.3 is 4.74 Å². The molecule has 5 nitrogen and oxygen atoms in total. The quantitative estimate of drug-likeness (QED) is 0.513. The molecule has 0 bridgehead atoms. The SMILES string of the molecule is CCOC(=O)N(N=O)C1[C@@H](c2ccc(C)cc2)[C@@H]1c1ccc(Br)cc1. The first kappa shape index (κ1) is 17.6. The Morgan fingerprint density at radius 2 is 1.60 bits per heavy atom. The Morgan fingerprint density at radius 1 is 1.08 bits per heavy atom. The molecule has 0 saturated heterocycles. The summed E-state index contributed by atoms with van der Waals surface area (Å²) in [4.78, 5) is 23.5. The minimum absolute atomic E-state index is 0.0120. The number of nitroso groups, excluding NO2 is 1. The van der Waals surface area contributed by atoms with E-state index in [0.717, 1.165) is 26.2 Å². The molecule has 1 unspecified atom stereocenters. The topological polar surface area (TPSA) is 59.0 Å². The number of carbonyl (C=O) groups excluding carboxylic acids is 1. The Labute approximate surface area is 155 Å². The van der Waals surface area contributed by atoms with Crippen molar-refractivity contribution in [3.63, 3.8) is 0 Å². The molecule has 0 spiro atoms. The summed E-state index contributed by atoms with van der Waals surface area (Å²) in [6.07, 6.45) is -0.695. The van der Waals surface area contributed by atoms with Crippen molar-refractivity contribution in [1.29, 1.82) is 0 Å². The largest absolute Gasteiger partial charge is 0.448 e. The number of hydrogen-bond donors (Lipinski definition) is 0. The Balaban J connectivity index is 1.94. The van der Waals surface area contributed by atoms with Crippen LogP contribution >= 0.6 is 15.9 Å². The van der Waals surface area contributed by atoms with E-state index in [1.165, 1.54) is 0 Å². The number of ether oxygens (including phenoxy) is 1. The van der Waals surface area contributed by atoms with Gasteiger partial charge in [0, 0.05) is 16.3 Å². The monoisotopic (exact) mass is 402 g/mol. The zero-order valence-corrected chi connectivity index (χ0v) is 15.6. The van der Waals surface area contributed by atoms with E-state index >= 15 is 0 Å². The molecule has 2 aromatic carbocycles. The lowest BCUT2D eigenvalue weighted by molar-refractivity contribution is 0.104. The fourth-order valence-electron chi connectivity index (χ4n) is 3.28. The summed E-state index contributed by atoms with van der Waals surface area (Å²) in [5.74, 6) is 0.0294. The summed E-state index contributed by atoms with van der Waals surface area (Å²) in [5.41, 5.74) is 3.31. The first-order chi connectivity index (χ1) is 12.1. The van der Waals surface area contributed by atoms with Crippen molar-refractivity contribution < 1.29 is 9.53 Å². The molecule has 0 aliphatic heterocycles. The second-order valence-corrected chi connectivity index (χ2v) is 7.05.